The largest absolute Gasteiger partial charge is 0.492 e. The second-order valence-corrected chi connectivity index (χ2v) is 10.8. The first-order valence-electron chi connectivity index (χ1n) is 12.6. The molecule has 1 saturated heterocycles. The molecule has 5 rings (SSSR count). The fourth-order valence-corrected chi connectivity index (χ4v) is 5.65. The molecule has 8 heteroatoms. The molecule has 0 radical (unpaired) electrons. The van der Waals surface area contributed by atoms with Crippen LogP contribution in [0.3, 0.4) is 0 Å². The van der Waals surface area contributed by atoms with Crippen molar-refractivity contribution in [3.63, 3.8) is 0 Å². The van der Waals surface area contributed by atoms with Crippen LogP contribution >= 0.6 is 0 Å². The Bertz CT molecular complexity index is 1210. The van der Waals surface area contributed by atoms with Crippen LogP contribution in [0, 0.1) is 17.6 Å². The van der Waals surface area contributed by atoms with Crippen molar-refractivity contribution >= 4 is 10.9 Å². The standard InChI is InChI=1S/C28H33F4N3O/c1-17-10-21-20-6-4-5-7-24(20)33-26(21)27(35(17)16-28(2,3)32)25-22(30)11-19(12-23(25)31)36-9-8-34-14-18(13-29)15-34/h4-7,11-12,17-18,27,33H,8-10,13-16H2,1-3H3/t17?,27-/m1/s1. The van der Waals surface area contributed by atoms with Crippen molar-refractivity contribution < 1.29 is 22.3 Å². The summed E-state index contributed by atoms with van der Waals surface area (Å²) >= 11 is 0. The van der Waals surface area contributed by atoms with Gasteiger partial charge in [-0.2, -0.15) is 0 Å². The van der Waals surface area contributed by atoms with Crippen LogP contribution in [-0.4, -0.2) is 66.0 Å². The van der Waals surface area contributed by atoms with E-state index in [4.69, 9.17) is 4.74 Å². The van der Waals surface area contributed by atoms with Crippen molar-refractivity contribution in [3.8, 4) is 5.75 Å². The van der Waals surface area contributed by atoms with Crippen LogP contribution in [0.15, 0.2) is 36.4 Å². The topological polar surface area (TPSA) is 31.5 Å². The lowest BCUT2D eigenvalue weighted by molar-refractivity contribution is 0.0637. The van der Waals surface area contributed by atoms with E-state index in [1.165, 1.54) is 26.0 Å². The number of para-hydroxylation sites is 1. The number of likely N-dealkylation sites (tertiary alicyclic amines) is 1. The summed E-state index contributed by atoms with van der Waals surface area (Å²) in [5.74, 6) is -1.27. The fraction of sp³-hybridized carbons (Fsp3) is 0.500. The lowest BCUT2D eigenvalue weighted by Gasteiger charge is -2.43. The zero-order valence-corrected chi connectivity index (χ0v) is 21.0. The highest BCUT2D eigenvalue weighted by Crippen LogP contribution is 2.43. The van der Waals surface area contributed by atoms with Gasteiger partial charge >= 0.3 is 0 Å². The summed E-state index contributed by atoms with van der Waals surface area (Å²) in [4.78, 5) is 7.27. The van der Waals surface area contributed by atoms with E-state index < -0.39 is 23.3 Å². The number of nitrogens with one attached hydrogen (secondary N) is 1. The molecule has 1 fully saturated rings. The third-order valence-electron chi connectivity index (χ3n) is 7.33. The number of aromatic amines is 1. The van der Waals surface area contributed by atoms with E-state index in [1.54, 1.807) is 0 Å². The van der Waals surface area contributed by atoms with E-state index in [9.17, 15) is 8.78 Å². The third kappa shape index (κ3) is 4.85. The zero-order chi connectivity index (χ0) is 25.6. The first-order chi connectivity index (χ1) is 17.1. The highest BCUT2D eigenvalue weighted by molar-refractivity contribution is 5.85. The average molecular weight is 504 g/mol. The minimum Gasteiger partial charge on any atom is -0.492 e. The lowest BCUT2D eigenvalue weighted by atomic mass is 9.87. The normalized spacial score (nSPS) is 21.5. The minimum absolute atomic E-state index is 0.0283. The Kier molecular flexibility index (Phi) is 6.76. The predicted octanol–water partition coefficient (Wildman–Crippen LogP) is 5.81. The van der Waals surface area contributed by atoms with Gasteiger partial charge in [-0.05, 0) is 38.8 Å². The summed E-state index contributed by atoms with van der Waals surface area (Å²) < 4.78 is 64.4. The van der Waals surface area contributed by atoms with Gasteiger partial charge in [-0.1, -0.05) is 18.2 Å². The van der Waals surface area contributed by atoms with Gasteiger partial charge in [0.05, 0.1) is 12.7 Å². The molecule has 3 heterocycles. The molecular weight excluding hydrogens is 470 g/mol. The molecule has 4 nitrogen and oxygen atoms in total. The van der Waals surface area contributed by atoms with E-state index in [1.807, 2.05) is 41.0 Å². The Morgan fingerprint density at radius 1 is 1.11 bits per heavy atom. The van der Waals surface area contributed by atoms with Crippen molar-refractivity contribution in [2.24, 2.45) is 5.92 Å². The first-order valence-corrected chi connectivity index (χ1v) is 12.6. The van der Waals surface area contributed by atoms with Gasteiger partial charge in [-0.25, -0.2) is 13.2 Å². The monoisotopic (exact) mass is 503 g/mol. The zero-order valence-electron chi connectivity index (χ0n) is 21.0. The van der Waals surface area contributed by atoms with E-state index in [-0.39, 0.29) is 43.1 Å². The van der Waals surface area contributed by atoms with Crippen LogP contribution < -0.4 is 4.74 Å². The van der Waals surface area contributed by atoms with Gasteiger partial charge < -0.3 is 9.72 Å². The number of fused-ring (bicyclic) bond motifs is 3. The summed E-state index contributed by atoms with van der Waals surface area (Å²) in [6, 6.07) is 9.28. The quantitative estimate of drug-likeness (QED) is 0.394. The van der Waals surface area contributed by atoms with Crippen molar-refractivity contribution in [3.05, 3.63) is 64.9 Å². The molecule has 0 saturated carbocycles. The molecular formula is C28H33F4N3O. The van der Waals surface area contributed by atoms with Crippen LogP contribution in [0.4, 0.5) is 17.6 Å². The number of H-pyrrole nitrogens is 1. The van der Waals surface area contributed by atoms with Gasteiger partial charge in [0.2, 0.25) is 0 Å². The molecule has 0 amide bonds. The molecule has 194 valence electrons. The SMILES string of the molecule is CC1Cc2c([nH]c3ccccc23)[C@@H](c2c(F)cc(OCCN3CC(CF)C3)cc2F)N1CC(C)(C)F. The minimum atomic E-state index is -1.55. The molecule has 3 aromatic rings. The van der Waals surface area contributed by atoms with E-state index in [0.717, 1.165) is 16.5 Å². The molecule has 0 aliphatic carbocycles. The number of rotatable bonds is 8. The molecule has 0 spiro atoms. The third-order valence-corrected chi connectivity index (χ3v) is 7.33. The molecule has 1 unspecified atom stereocenters. The fourth-order valence-electron chi connectivity index (χ4n) is 5.65. The Hall–Kier alpha value is -2.58. The maximum Gasteiger partial charge on any atom is 0.135 e. The van der Waals surface area contributed by atoms with E-state index in [2.05, 4.69) is 4.98 Å². The Balaban J connectivity index is 1.47. The Labute approximate surface area is 209 Å². The summed E-state index contributed by atoms with van der Waals surface area (Å²) in [6.07, 6.45) is 0.649. The van der Waals surface area contributed by atoms with Gasteiger partial charge in [0.1, 0.15) is 29.7 Å². The van der Waals surface area contributed by atoms with E-state index in [0.29, 0.717) is 31.7 Å². The van der Waals surface area contributed by atoms with Crippen molar-refractivity contribution in [2.45, 2.75) is 44.9 Å². The van der Waals surface area contributed by atoms with Gasteiger partial charge in [0.25, 0.3) is 0 Å². The van der Waals surface area contributed by atoms with Crippen molar-refractivity contribution in [1.82, 2.24) is 14.8 Å². The maximum absolute atomic E-state index is 15.6. The first kappa shape index (κ1) is 25.1. The number of alkyl halides is 2. The van der Waals surface area contributed by atoms with Crippen LogP contribution in [-0.2, 0) is 6.42 Å². The van der Waals surface area contributed by atoms with Gasteiger partial charge in [-0.3, -0.25) is 14.2 Å². The molecule has 1 N–H and O–H groups in total. The molecule has 2 atom stereocenters. The van der Waals surface area contributed by atoms with Gasteiger partial charge in [0.15, 0.2) is 0 Å². The second kappa shape index (κ2) is 9.71. The van der Waals surface area contributed by atoms with Crippen molar-refractivity contribution in [1.29, 1.82) is 0 Å². The molecule has 0 bridgehead atoms. The number of aromatic nitrogens is 1. The van der Waals surface area contributed by atoms with Gasteiger partial charge in [-0.15, -0.1) is 0 Å². The Morgan fingerprint density at radius 2 is 1.81 bits per heavy atom. The van der Waals surface area contributed by atoms with Crippen LogP contribution in [0.5, 0.6) is 5.75 Å². The van der Waals surface area contributed by atoms with Crippen LogP contribution in [0.2, 0.25) is 0 Å². The summed E-state index contributed by atoms with van der Waals surface area (Å²) in [5, 5.41) is 1.02. The number of halogens is 4. The molecule has 2 aliphatic rings. The second-order valence-electron chi connectivity index (χ2n) is 10.8. The van der Waals surface area contributed by atoms with Crippen LogP contribution in [0.25, 0.3) is 10.9 Å². The number of hydrogen-bond acceptors (Lipinski definition) is 3. The molecule has 2 aromatic carbocycles. The van der Waals surface area contributed by atoms with E-state index >= 15 is 8.78 Å². The number of benzene rings is 2. The summed E-state index contributed by atoms with van der Waals surface area (Å²) in [7, 11) is 0. The van der Waals surface area contributed by atoms with Gasteiger partial charge in [0, 0.05) is 72.4 Å². The van der Waals surface area contributed by atoms with Crippen LogP contribution in [0.1, 0.15) is 43.6 Å². The molecule has 1 aromatic heterocycles. The lowest BCUT2D eigenvalue weighted by Crippen LogP contribution is -2.49. The average Bonchev–Trinajstić information content (AvgIpc) is 3.14. The maximum atomic E-state index is 15.6. The number of ether oxygens (including phenoxy) is 1. The summed E-state index contributed by atoms with van der Waals surface area (Å²) in [6.45, 7) is 6.81. The predicted molar refractivity (Wildman–Crippen MR) is 133 cm³/mol. The molecule has 36 heavy (non-hydrogen) atoms. The Morgan fingerprint density at radius 3 is 2.47 bits per heavy atom. The number of hydrogen-bond donors (Lipinski definition) is 1. The van der Waals surface area contributed by atoms with Crippen molar-refractivity contribution in [2.75, 3.05) is 39.5 Å². The number of nitrogens with zero attached hydrogens (tertiary/aromatic N) is 2. The summed E-state index contributed by atoms with van der Waals surface area (Å²) in [5.41, 5.74) is 0.938. The highest BCUT2D eigenvalue weighted by atomic mass is 19.1. The smallest absolute Gasteiger partial charge is 0.135 e. The highest BCUT2D eigenvalue weighted by Gasteiger charge is 2.41. The molecule has 2 aliphatic heterocycles.